The third-order valence-electron chi connectivity index (χ3n) is 4.37. The maximum Gasteiger partial charge on any atom is 0.269 e. The average Bonchev–Trinajstić information content (AvgIpc) is 3.15. The normalized spacial score (nSPS) is 11.0. The van der Waals surface area contributed by atoms with Crippen molar-refractivity contribution in [3.63, 3.8) is 0 Å². The number of imidazole rings is 1. The number of hydrogen-bond donors (Lipinski definition) is 0. The molecule has 0 radical (unpaired) electrons. The van der Waals surface area contributed by atoms with Gasteiger partial charge in [-0.3, -0.25) is 10.1 Å². The zero-order valence-corrected chi connectivity index (χ0v) is 15.7. The first-order chi connectivity index (χ1) is 13.7. The number of rotatable bonds is 7. The second-order valence-electron chi connectivity index (χ2n) is 6.24. The maximum absolute atomic E-state index is 10.8. The lowest BCUT2D eigenvalue weighted by Gasteiger charge is -2.05. The molecule has 0 aliphatic carbocycles. The number of thioether (sulfide) groups is 1. The van der Waals surface area contributed by atoms with Crippen LogP contribution in [0.2, 0.25) is 0 Å². The third kappa shape index (κ3) is 4.01. The van der Waals surface area contributed by atoms with E-state index in [9.17, 15) is 10.1 Å². The third-order valence-corrected chi connectivity index (χ3v) is 5.42. The van der Waals surface area contributed by atoms with Gasteiger partial charge in [-0.25, -0.2) is 15.0 Å². The molecule has 8 heteroatoms. The van der Waals surface area contributed by atoms with Crippen LogP contribution in [0.15, 0.2) is 72.3 Å². The van der Waals surface area contributed by atoms with E-state index in [2.05, 4.69) is 27.1 Å². The number of aromatic nitrogens is 4. The van der Waals surface area contributed by atoms with Crippen LogP contribution in [0.25, 0.3) is 11.2 Å². The molecule has 7 nitrogen and oxygen atoms in total. The predicted octanol–water partition coefficient (Wildman–Crippen LogP) is 4.27. The molecule has 0 unspecified atom stereocenters. The van der Waals surface area contributed by atoms with Crippen molar-refractivity contribution in [1.29, 1.82) is 0 Å². The van der Waals surface area contributed by atoms with Crippen molar-refractivity contribution >= 4 is 28.6 Å². The first-order valence-corrected chi connectivity index (χ1v) is 9.75. The molecule has 2 heterocycles. The highest BCUT2D eigenvalue weighted by molar-refractivity contribution is 7.98. The molecule has 28 heavy (non-hydrogen) atoms. The molecule has 0 bridgehead atoms. The number of aryl methyl sites for hydroxylation is 2. The number of non-ortho nitro benzene ring substituents is 1. The van der Waals surface area contributed by atoms with Crippen LogP contribution in [0, 0.1) is 10.1 Å². The Morgan fingerprint density at radius 3 is 2.50 bits per heavy atom. The Hall–Kier alpha value is -3.26. The fourth-order valence-corrected chi connectivity index (χ4v) is 3.79. The van der Waals surface area contributed by atoms with Gasteiger partial charge >= 0.3 is 0 Å². The number of nitro benzene ring substituents is 1. The zero-order valence-electron chi connectivity index (χ0n) is 14.9. The molecule has 4 aromatic rings. The monoisotopic (exact) mass is 391 g/mol. The highest BCUT2D eigenvalue weighted by atomic mass is 32.2. The summed E-state index contributed by atoms with van der Waals surface area (Å²) in [5, 5.41) is 11.6. The average molecular weight is 391 g/mol. The zero-order chi connectivity index (χ0) is 19.3. The fraction of sp³-hybridized carbons (Fsp3) is 0.150. The lowest BCUT2D eigenvalue weighted by atomic mass is 10.1. The van der Waals surface area contributed by atoms with Gasteiger partial charge < -0.3 is 4.57 Å². The quantitative estimate of drug-likeness (QED) is 0.202. The van der Waals surface area contributed by atoms with Gasteiger partial charge in [0, 0.05) is 24.4 Å². The molecule has 2 aromatic carbocycles. The molecule has 0 atom stereocenters. The van der Waals surface area contributed by atoms with E-state index in [4.69, 9.17) is 0 Å². The minimum atomic E-state index is -0.396. The molecule has 0 saturated carbocycles. The van der Waals surface area contributed by atoms with Gasteiger partial charge in [-0.05, 0) is 17.5 Å². The molecule has 0 saturated heterocycles. The van der Waals surface area contributed by atoms with Crippen LogP contribution in [-0.4, -0.2) is 24.4 Å². The van der Waals surface area contributed by atoms with Crippen molar-refractivity contribution in [2.45, 2.75) is 23.7 Å². The minimum absolute atomic E-state index is 0.0929. The summed E-state index contributed by atoms with van der Waals surface area (Å²) in [5.74, 6) is 0.654. The standard InChI is InChI=1S/C20H17N5O2S/c26-25(27)17-8-6-16(7-9-17)12-28-20-18-19(21-13-22-20)24(14-23-18)11-10-15-4-2-1-3-5-15/h1-9,13-14H,10-12H2. The Bertz CT molecular complexity index is 1100. The minimum Gasteiger partial charge on any atom is -0.315 e. The Kier molecular flexibility index (Phi) is 5.29. The van der Waals surface area contributed by atoms with Gasteiger partial charge in [0.05, 0.1) is 11.3 Å². The Labute approximate surface area is 165 Å². The van der Waals surface area contributed by atoms with E-state index in [0.29, 0.717) is 5.75 Å². The van der Waals surface area contributed by atoms with Crippen LogP contribution in [0.5, 0.6) is 0 Å². The van der Waals surface area contributed by atoms with Gasteiger partial charge in [-0.15, -0.1) is 0 Å². The number of nitrogens with zero attached hydrogens (tertiary/aromatic N) is 5. The lowest BCUT2D eigenvalue weighted by Crippen LogP contribution is -2.01. The van der Waals surface area contributed by atoms with Crippen LogP contribution < -0.4 is 0 Å². The Balaban J connectivity index is 1.47. The molecular formula is C20H17N5O2S. The van der Waals surface area contributed by atoms with E-state index in [1.54, 1.807) is 36.5 Å². The van der Waals surface area contributed by atoms with Crippen molar-refractivity contribution in [2.24, 2.45) is 0 Å². The summed E-state index contributed by atoms with van der Waals surface area (Å²) in [6.07, 6.45) is 4.26. The summed E-state index contributed by atoms with van der Waals surface area (Å²) in [6.45, 7) is 0.796. The second kappa shape index (κ2) is 8.18. The van der Waals surface area contributed by atoms with E-state index >= 15 is 0 Å². The maximum atomic E-state index is 10.8. The van der Waals surface area contributed by atoms with Gasteiger partial charge in [0.1, 0.15) is 16.9 Å². The van der Waals surface area contributed by atoms with Crippen LogP contribution in [0.4, 0.5) is 5.69 Å². The molecular weight excluding hydrogens is 374 g/mol. The van der Waals surface area contributed by atoms with Gasteiger partial charge in [-0.2, -0.15) is 0 Å². The van der Waals surface area contributed by atoms with E-state index in [1.165, 1.54) is 17.7 Å². The van der Waals surface area contributed by atoms with E-state index < -0.39 is 4.92 Å². The number of hydrogen-bond acceptors (Lipinski definition) is 6. The second-order valence-corrected chi connectivity index (χ2v) is 7.20. The van der Waals surface area contributed by atoms with Gasteiger partial charge in [0.25, 0.3) is 5.69 Å². The summed E-state index contributed by atoms with van der Waals surface area (Å²) in [7, 11) is 0. The van der Waals surface area contributed by atoms with Crippen molar-refractivity contribution in [2.75, 3.05) is 0 Å². The SMILES string of the molecule is O=[N+]([O-])c1ccc(CSc2ncnc3c2ncn3CCc2ccccc2)cc1. The van der Waals surface area contributed by atoms with Crippen LogP contribution in [-0.2, 0) is 18.7 Å². The molecule has 0 fully saturated rings. The highest BCUT2D eigenvalue weighted by Gasteiger charge is 2.11. The topological polar surface area (TPSA) is 86.7 Å². The number of benzene rings is 2. The summed E-state index contributed by atoms with van der Waals surface area (Å²) in [5.41, 5.74) is 3.95. The van der Waals surface area contributed by atoms with E-state index in [0.717, 1.165) is 34.7 Å². The molecule has 0 spiro atoms. The van der Waals surface area contributed by atoms with E-state index in [1.807, 2.05) is 22.8 Å². The first kappa shape index (κ1) is 18.1. The van der Waals surface area contributed by atoms with E-state index in [-0.39, 0.29) is 5.69 Å². The fourth-order valence-electron chi connectivity index (χ4n) is 2.89. The summed E-state index contributed by atoms with van der Waals surface area (Å²) in [6, 6.07) is 16.9. The van der Waals surface area contributed by atoms with Gasteiger partial charge in [-0.1, -0.05) is 54.2 Å². The Morgan fingerprint density at radius 2 is 1.75 bits per heavy atom. The summed E-state index contributed by atoms with van der Waals surface area (Å²) < 4.78 is 2.04. The van der Waals surface area contributed by atoms with Gasteiger partial charge in [0.2, 0.25) is 0 Å². The molecule has 140 valence electrons. The summed E-state index contributed by atoms with van der Waals surface area (Å²) in [4.78, 5) is 23.6. The summed E-state index contributed by atoms with van der Waals surface area (Å²) >= 11 is 1.55. The molecule has 0 amide bonds. The number of fused-ring (bicyclic) bond motifs is 1. The molecule has 0 aliphatic heterocycles. The lowest BCUT2D eigenvalue weighted by molar-refractivity contribution is -0.384. The van der Waals surface area contributed by atoms with Gasteiger partial charge in [0.15, 0.2) is 5.65 Å². The van der Waals surface area contributed by atoms with Crippen molar-refractivity contribution in [3.05, 3.63) is 88.5 Å². The molecule has 2 aromatic heterocycles. The van der Waals surface area contributed by atoms with Crippen LogP contribution in [0.1, 0.15) is 11.1 Å². The molecule has 0 aliphatic rings. The predicted molar refractivity (Wildman–Crippen MR) is 108 cm³/mol. The van der Waals surface area contributed by atoms with Crippen LogP contribution >= 0.6 is 11.8 Å². The largest absolute Gasteiger partial charge is 0.315 e. The van der Waals surface area contributed by atoms with Crippen molar-refractivity contribution in [1.82, 2.24) is 19.5 Å². The van der Waals surface area contributed by atoms with Crippen LogP contribution in [0.3, 0.4) is 0 Å². The smallest absolute Gasteiger partial charge is 0.269 e. The Morgan fingerprint density at radius 1 is 0.964 bits per heavy atom. The van der Waals surface area contributed by atoms with Crippen molar-refractivity contribution in [3.8, 4) is 0 Å². The number of nitro groups is 1. The molecule has 0 N–H and O–H groups in total. The first-order valence-electron chi connectivity index (χ1n) is 8.76. The molecule has 4 rings (SSSR count). The van der Waals surface area contributed by atoms with Crippen molar-refractivity contribution < 1.29 is 4.92 Å². The highest BCUT2D eigenvalue weighted by Crippen LogP contribution is 2.27.